The zero-order valence-electron chi connectivity index (χ0n) is 9.38. The Morgan fingerprint density at radius 3 is 2.14 bits per heavy atom. The lowest BCUT2D eigenvalue weighted by Gasteiger charge is -2.27. The summed E-state index contributed by atoms with van der Waals surface area (Å²) < 4.78 is 0. The van der Waals surface area contributed by atoms with Gasteiger partial charge in [-0.3, -0.25) is 9.59 Å². The highest BCUT2D eigenvalue weighted by molar-refractivity contribution is 6.04. The minimum Gasteiger partial charge on any atom is -0.299 e. The molecule has 0 bridgehead atoms. The summed E-state index contributed by atoms with van der Waals surface area (Å²) in [6.45, 7) is 5.68. The number of rotatable bonds is 5. The molecule has 0 aromatic heterocycles. The SMILES string of the molecule is CCC(C(=O)C(C)C)C(=O)C1CCC1. The summed E-state index contributed by atoms with van der Waals surface area (Å²) >= 11 is 0. The minimum atomic E-state index is -0.319. The predicted molar refractivity (Wildman–Crippen MR) is 56.0 cm³/mol. The van der Waals surface area contributed by atoms with E-state index < -0.39 is 0 Å². The van der Waals surface area contributed by atoms with E-state index in [-0.39, 0.29) is 29.3 Å². The van der Waals surface area contributed by atoms with E-state index in [1.807, 2.05) is 20.8 Å². The minimum absolute atomic E-state index is 0.0102. The Morgan fingerprint density at radius 1 is 1.29 bits per heavy atom. The maximum Gasteiger partial charge on any atom is 0.146 e. The Labute approximate surface area is 86.1 Å². The monoisotopic (exact) mass is 196 g/mol. The molecule has 1 rings (SSSR count). The van der Waals surface area contributed by atoms with Crippen molar-refractivity contribution in [1.29, 1.82) is 0 Å². The van der Waals surface area contributed by atoms with Crippen molar-refractivity contribution in [2.24, 2.45) is 17.8 Å². The van der Waals surface area contributed by atoms with Gasteiger partial charge in [0.25, 0.3) is 0 Å². The normalized spacial score (nSPS) is 19.1. The maximum atomic E-state index is 11.9. The van der Waals surface area contributed by atoms with Gasteiger partial charge in [0, 0.05) is 11.8 Å². The van der Waals surface area contributed by atoms with Gasteiger partial charge in [-0.25, -0.2) is 0 Å². The molecule has 14 heavy (non-hydrogen) atoms. The summed E-state index contributed by atoms with van der Waals surface area (Å²) in [4.78, 5) is 23.6. The summed E-state index contributed by atoms with van der Waals surface area (Å²) in [5.74, 6) is 0.203. The number of carbonyl (C=O) groups excluding carboxylic acids is 2. The van der Waals surface area contributed by atoms with Crippen molar-refractivity contribution in [3.8, 4) is 0 Å². The third-order valence-corrected chi connectivity index (χ3v) is 3.17. The standard InChI is InChI=1S/C12H20O2/c1-4-10(11(13)8(2)3)12(14)9-6-5-7-9/h8-10H,4-7H2,1-3H3. The van der Waals surface area contributed by atoms with E-state index in [1.54, 1.807) is 0 Å². The van der Waals surface area contributed by atoms with Gasteiger partial charge in [0.15, 0.2) is 0 Å². The van der Waals surface area contributed by atoms with E-state index in [2.05, 4.69) is 0 Å². The molecule has 80 valence electrons. The molecule has 2 heteroatoms. The van der Waals surface area contributed by atoms with E-state index in [4.69, 9.17) is 0 Å². The summed E-state index contributed by atoms with van der Waals surface area (Å²) in [7, 11) is 0. The molecule has 1 aliphatic carbocycles. The molecular formula is C12H20O2. The molecule has 0 aromatic carbocycles. The van der Waals surface area contributed by atoms with Gasteiger partial charge in [0.05, 0.1) is 5.92 Å². The zero-order chi connectivity index (χ0) is 10.7. The molecule has 0 heterocycles. The van der Waals surface area contributed by atoms with Crippen molar-refractivity contribution in [1.82, 2.24) is 0 Å². The molecule has 1 fully saturated rings. The van der Waals surface area contributed by atoms with Crippen LogP contribution >= 0.6 is 0 Å². The Balaban J connectivity index is 2.60. The van der Waals surface area contributed by atoms with E-state index in [0.29, 0.717) is 6.42 Å². The highest BCUT2D eigenvalue weighted by Crippen LogP contribution is 2.31. The highest BCUT2D eigenvalue weighted by atomic mass is 16.2. The summed E-state index contributed by atoms with van der Waals surface area (Å²) in [5.41, 5.74) is 0. The Kier molecular flexibility index (Phi) is 3.85. The Bertz CT molecular complexity index is 226. The third kappa shape index (κ3) is 2.23. The number of Topliss-reactive ketones (excluding diaryl/α,β-unsaturated/α-hetero) is 2. The van der Waals surface area contributed by atoms with Crippen LogP contribution in [-0.2, 0) is 9.59 Å². The molecule has 1 saturated carbocycles. The lowest BCUT2D eigenvalue weighted by atomic mass is 9.75. The van der Waals surface area contributed by atoms with Crippen molar-refractivity contribution in [2.45, 2.75) is 46.5 Å². The van der Waals surface area contributed by atoms with Crippen LogP contribution in [0.1, 0.15) is 46.5 Å². The van der Waals surface area contributed by atoms with Crippen molar-refractivity contribution in [3.63, 3.8) is 0 Å². The van der Waals surface area contributed by atoms with Crippen molar-refractivity contribution in [2.75, 3.05) is 0 Å². The van der Waals surface area contributed by atoms with Gasteiger partial charge < -0.3 is 0 Å². The Morgan fingerprint density at radius 2 is 1.86 bits per heavy atom. The van der Waals surface area contributed by atoms with E-state index in [9.17, 15) is 9.59 Å². The molecule has 2 nitrogen and oxygen atoms in total. The first-order valence-corrected chi connectivity index (χ1v) is 5.65. The first-order valence-electron chi connectivity index (χ1n) is 5.65. The fourth-order valence-electron chi connectivity index (χ4n) is 1.92. The van der Waals surface area contributed by atoms with Crippen LogP contribution < -0.4 is 0 Å². The largest absolute Gasteiger partial charge is 0.299 e. The molecule has 1 unspecified atom stereocenters. The second-order valence-electron chi connectivity index (χ2n) is 4.55. The molecule has 0 radical (unpaired) electrons. The summed E-state index contributed by atoms with van der Waals surface area (Å²) in [5, 5.41) is 0. The van der Waals surface area contributed by atoms with Gasteiger partial charge in [0.2, 0.25) is 0 Å². The number of ketones is 2. The second-order valence-corrected chi connectivity index (χ2v) is 4.55. The van der Waals surface area contributed by atoms with Gasteiger partial charge in [0.1, 0.15) is 11.6 Å². The van der Waals surface area contributed by atoms with E-state index >= 15 is 0 Å². The number of carbonyl (C=O) groups is 2. The van der Waals surface area contributed by atoms with Crippen molar-refractivity contribution < 1.29 is 9.59 Å². The van der Waals surface area contributed by atoms with Crippen LogP contribution in [0.25, 0.3) is 0 Å². The fourth-order valence-corrected chi connectivity index (χ4v) is 1.92. The molecule has 0 aromatic rings. The first kappa shape index (κ1) is 11.4. The van der Waals surface area contributed by atoms with Gasteiger partial charge >= 0.3 is 0 Å². The van der Waals surface area contributed by atoms with Crippen LogP contribution in [-0.4, -0.2) is 11.6 Å². The molecule has 0 saturated heterocycles. The molecular weight excluding hydrogens is 176 g/mol. The van der Waals surface area contributed by atoms with E-state index in [1.165, 1.54) is 0 Å². The summed E-state index contributed by atoms with van der Waals surface area (Å²) in [6.07, 6.45) is 3.83. The average Bonchev–Trinajstić information content (AvgIpc) is 2.01. The Hall–Kier alpha value is -0.660. The molecule has 0 amide bonds. The van der Waals surface area contributed by atoms with Crippen molar-refractivity contribution >= 4 is 11.6 Å². The van der Waals surface area contributed by atoms with Crippen LogP contribution in [0.4, 0.5) is 0 Å². The van der Waals surface area contributed by atoms with E-state index in [0.717, 1.165) is 19.3 Å². The number of hydrogen-bond donors (Lipinski definition) is 0. The lowest BCUT2D eigenvalue weighted by Crippen LogP contribution is -2.34. The van der Waals surface area contributed by atoms with Crippen LogP contribution in [0.3, 0.4) is 0 Å². The molecule has 0 aliphatic heterocycles. The van der Waals surface area contributed by atoms with Crippen LogP contribution in [0.15, 0.2) is 0 Å². The smallest absolute Gasteiger partial charge is 0.146 e. The van der Waals surface area contributed by atoms with Crippen LogP contribution in [0.5, 0.6) is 0 Å². The molecule has 0 N–H and O–H groups in total. The molecule has 1 atom stereocenters. The van der Waals surface area contributed by atoms with Crippen LogP contribution in [0, 0.1) is 17.8 Å². The first-order chi connectivity index (χ1) is 6.57. The highest BCUT2D eigenvalue weighted by Gasteiger charge is 2.34. The predicted octanol–water partition coefficient (Wildman–Crippen LogP) is 2.61. The fraction of sp³-hybridized carbons (Fsp3) is 0.833. The third-order valence-electron chi connectivity index (χ3n) is 3.17. The molecule has 1 aliphatic rings. The lowest BCUT2D eigenvalue weighted by molar-refractivity contribution is -0.138. The van der Waals surface area contributed by atoms with Crippen molar-refractivity contribution in [3.05, 3.63) is 0 Å². The summed E-state index contributed by atoms with van der Waals surface area (Å²) in [6, 6.07) is 0. The zero-order valence-corrected chi connectivity index (χ0v) is 9.38. The average molecular weight is 196 g/mol. The molecule has 0 spiro atoms. The number of hydrogen-bond acceptors (Lipinski definition) is 2. The van der Waals surface area contributed by atoms with Gasteiger partial charge in [-0.1, -0.05) is 27.2 Å². The second kappa shape index (κ2) is 4.72. The van der Waals surface area contributed by atoms with Gasteiger partial charge in [-0.15, -0.1) is 0 Å². The topological polar surface area (TPSA) is 34.1 Å². The van der Waals surface area contributed by atoms with Crippen LogP contribution in [0.2, 0.25) is 0 Å². The van der Waals surface area contributed by atoms with Gasteiger partial charge in [-0.05, 0) is 19.3 Å². The quantitative estimate of drug-likeness (QED) is 0.633. The maximum absolute atomic E-state index is 11.9. The van der Waals surface area contributed by atoms with Gasteiger partial charge in [-0.2, -0.15) is 0 Å².